The Morgan fingerprint density at radius 2 is 1.93 bits per heavy atom. The standard InChI is InChI=1S/C22H23N3O2S/c1-15-20(28-21(24-15)16-8-4-3-5-9-16)22(26)25-13-12-23-14-18(25)17-10-6-7-11-19(17)27-2/h3-11,18,23H,12-14H2,1-2H3. The summed E-state index contributed by atoms with van der Waals surface area (Å²) in [6.07, 6.45) is 0. The molecule has 28 heavy (non-hydrogen) atoms. The minimum Gasteiger partial charge on any atom is -0.496 e. The van der Waals surface area contributed by atoms with Crippen molar-refractivity contribution in [1.82, 2.24) is 15.2 Å². The summed E-state index contributed by atoms with van der Waals surface area (Å²) in [5, 5.41) is 4.28. The fourth-order valence-electron chi connectivity index (χ4n) is 3.60. The van der Waals surface area contributed by atoms with Crippen molar-refractivity contribution in [3.63, 3.8) is 0 Å². The predicted octanol–water partition coefficient (Wildman–Crippen LogP) is 3.91. The highest BCUT2D eigenvalue weighted by Crippen LogP contribution is 2.34. The molecule has 144 valence electrons. The number of benzene rings is 2. The van der Waals surface area contributed by atoms with Crippen LogP contribution in [0.4, 0.5) is 0 Å². The number of nitrogens with zero attached hydrogens (tertiary/aromatic N) is 2. The molecule has 1 fully saturated rings. The van der Waals surface area contributed by atoms with Crippen molar-refractivity contribution >= 4 is 17.2 Å². The molecule has 0 saturated carbocycles. The summed E-state index contributed by atoms with van der Waals surface area (Å²) in [6.45, 7) is 4.05. The highest BCUT2D eigenvalue weighted by Gasteiger charge is 2.32. The SMILES string of the molecule is COc1ccccc1C1CNCCN1C(=O)c1sc(-c2ccccc2)nc1C. The van der Waals surface area contributed by atoms with E-state index in [1.54, 1.807) is 7.11 Å². The number of amides is 1. The third kappa shape index (κ3) is 3.53. The van der Waals surface area contributed by atoms with Gasteiger partial charge in [0.2, 0.25) is 0 Å². The molecule has 1 aliphatic heterocycles. The number of ether oxygens (including phenoxy) is 1. The van der Waals surface area contributed by atoms with Crippen LogP contribution in [-0.4, -0.2) is 42.5 Å². The largest absolute Gasteiger partial charge is 0.496 e. The Balaban J connectivity index is 1.67. The quantitative estimate of drug-likeness (QED) is 0.730. The van der Waals surface area contributed by atoms with E-state index in [0.717, 1.165) is 34.1 Å². The van der Waals surface area contributed by atoms with Gasteiger partial charge in [0.05, 0.1) is 18.8 Å². The average Bonchev–Trinajstić information content (AvgIpc) is 3.15. The fraction of sp³-hybridized carbons (Fsp3) is 0.273. The van der Waals surface area contributed by atoms with Crippen molar-refractivity contribution in [2.75, 3.05) is 26.7 Å². The summed E-state index contributed by atoms with van der Waals surface area (Å²) in [6, 6.07) is 17.8. The number of nitrogens with one attached hydrogen (secondary N) is 1. The van der Waals surface area contributed by atoms with Gasteiger partial charge < -0.3 is 15.0 Å². The van der Waals surface area contributed by atoms with E-state index in [1.165, 1.54) is 11.3 Å². The van der Waals surface area contributed by atoms with Gasteiger partial charge in [-0.2, -0.15) is 0 Å². The molecule has 2 aromatic carbocycles. The number of hydrogen-bond acceptors (Lipinski definition) is 5. The highest BCUT2D eigenvalue weighted by atomic mass is 32.1. The summed E-state index contributed by atoms with van der Waals surface area (Å²) < 4.78 is 5.54. The molecule has 1 N–H and O–H groups in total. The molecule has 1 unspecified atom stereocenters. The number of thiazole rings is 1. The number of rotatable bonds is 4. The van der Waals surface area contributed by atoms with Gasteiger partial charge in [0.15, 0.2) is 0 Å². The molecular formula is C22H23N3O2S. The molecule has 0 radical (unpaired) electrons. The average molecular weight is 394 g/mol. The Bertz CT molecular complexity index is 971. The summed E-state index contributed by atoms with van der Waals surface area (Å²) >= 11 is 1.47. The topological polar surface area (TPSA) is 54.5 Å². The maximum atomic E-state index is 13.5. The molecule has 0 spiro atoms. The van der Waals surface area contributed by atoms with Crippen LogP contribution in [0.1, 0.15) is 27.0 Å². The third-order valence-corrected chi connectivity index (χ3v) is 6.21. The van der Waals surface area contributed by atoms with Gasteiger partial charge in [-0.15, -0.1) is 11.3 Å². The minimum absolute atomic E-state index is 0.0367. The Kier molecular flexibility index (Phi) is 5.41. The maximum absolute atomic E-state index is 13.5. The van der Waals surface area contributed by atoms with Crippen molar-refractivity contribution in [3.05, 3.63) is 70.7 Å². The second-order valence-electron chi connectivity index (χ2n) is 6.76. The van der Waals surface area contributed by atoms with Gasteiger partial charge in [0.1, 0.15) is 15.6 Å². The highest BCUT2D eigenvalue weighted by molar-refractivity contribution is 7.17. The van der Waals surface area contributed by atoms with Crippen molar-refractivity contribution in [1.29, 1.82) is 0 Å². The van der Waals surface area contributed by atoms with Crippen LogP contribution >= 0.6 is 11.3 Å². The zero-order chi connectivity index (χ0) is 19.5. The van der Waals surface area contributed by atoms with Gasteiger partial charge in [-0.25, -0.2) is 4.98 Å². The molecule has 0 aliphatic carbocycles. The Morgan fingerprint density at radius 3 is 2.71 bits per heavy atom. The van der Waals surface area contributed by atoms with Crippen LogP contribution in [0.3, 0.4) is 0 Å². The summed E-state index contributed by atoms with van der Waals surface area (Å²) in [5.41, 5.74) is 2.85. The van der Waals surface area contributed by atoms with E-state index in [0.29, 0.717) is 18.0 Å². The first-order valence-corrected chi connectivity index (χ1v) is 10.2. The smallest absolute Gasteiger partial charge is 0.266 e. The molecule has 5 nitrogen and oxygen atoms in total. The molecular weight excluding hydrogens is 370 g/mol. The summed E-state index contributed by atoms with van der Waals surface area (Å²) in [4.78, 5) is 20.8. The molecule has 1 atom stereocenters. The van der Waals surface area contributed by atoms with Crippen LogP contribution < -0.4 is 10.1 Å². The normalized spacial score (nSPS) is 16.8. The number of carbonyl (C=O) groups excluding carboxylic acids is 1. The Morgan fingerprint density at radius 1 is 1.18 bits per heavy atom. The molecule has 1 saturated heterocycles. The van der Waals surface area contributed by atoms with Crippen LogP contribution in [0, 0.1) is 6.92 Å². The predicted molar refractivity (Wildman–Crippen MR) is 112 cm³/mol. The van der Waals surface area contributed by atoms with Gasteiger partial charge in [0.25, 0.3) is 5.91 Å². The lowest BCUT2D eigenvalue weighted by Crippen LogP contribution is -2.48. The lowest BCUT2D eigenvalue weighted by atomic mass is 10.0. The van der Waals surface area contributed by atoms with E-state index < -0.39 is 0 Å². The molecule has 1 amide bonds. The Labute approximate surface area is 169 Å². The molecule has 3 aromatic rings. The van der Waals surface area contributed by atoms with Crippen molar-refractivity contribution in [2.45, 2.75) is 13.0 Å². The van der Waals surface area contributed by atoms with E-state index in [4.69, 9.17) is 4.74 Å². The number of para-hydroxylation sites is 1. The second-order valence-corrected chi connectivity index (χ2v) is 7.76. The van der Waals surface area contributed by atoms with Gasteiger partial charge in [0, 0.05) is 30.8 Å². The first-order chi connectivity index (χ1) is 13.7. The molecule has 1 aromatic heterocycles. The zero-order valence-electron chi connectivity index (χ0n) is 16.0. The van der Waals surface area contributed by atoms with Crippen LogP contribution in [0.15, 0.2) is 54.6 Å². The number of aromatic nitrogens is 1. The summed E-state index contributed by atoms with van der Waals surface area (Å²) in [7, 11) is 1.67. The number of aryl methyl sites for hydroxylation is 1. The first-order valence-electron chi connectivity index (χ1n) is 9.36. The lowest BCUT2D eigenvalue weighted by Gasteiger charge is -2.37. The number of carbonyl (C=O) groups is 1. The van der Waals surface area contributed by atoms with Crippen molar-refractivity contribution < 1.29 is 9.53 Å². The number of methoxy groups -OCH3 is 1. The van der Waals surface area contributed by atoms with Gasteiger partial charge in [-0.3, -0.25) is 4.79 Å². The summed E-state index contributed by atoms with van der Waals surface area (Å²) in [5.74, 6) is 0.842. The van der Waals surface area contributed by atoms with Crippen LogP contribution in [0.25, 0.3) is 10.6 Å². The van der Waals surface area contributed by atoms with Crippen LogP contribution in [0.5, 0.6) is 5.75 Å². The molecule has 0 bridgehead atoms. The third-order valence-electron chi connectivity index (χ3n) is 5.01. The monoisotopic (exact) mass is 393 g/mol. The van der Waals surface area contributed by atoms with E-state index in [2.05, 4.69) is 10.3 Å². The molecule has 6 heteroatoms. The van der Waals surface area contributed by atoms with Crippen molar-refractivity contribution in [3.8, 4) is 16.3 Å². The lowest BCUT2D eigenvalue weighted by molar-refractivity contribution is 0.0635. The molecule has 2 heterocycles. The zero-order valence-corrected chi connectivity index (χ0v) is 16.8. The fourth-order valence-corrected chi connectivity index (χ4v) is 4.62. The minimum atomic E-state index is -0.0703. The number of piperazine rings is 1. The maximum Gasteiger partial charge on any atom is 0.266 e. The van der Waals surface area contributed by atoms with Crippen LogP contribution in [0.2, 0.25) is 0 Å². The van der Waals surface area contributed by atoms with Gasteiger partial charge in [-0.1, -0.05) is 48.5 Å². The van der Waals surface area contributed by atoms with E-state index in [9.17, 15) is 4.79 Å². The first kappa shape index (κ1) is 18.7. The second kappa shape index (κ2) is 8.12. The van der Waals surface area contributed by atoms with E-state index >= 15 is 0 Å². The number of hydrogen-bond donors (Lipinski definition) is 1. The van der Waals surface area contributed by atoms with Crippen LogP contribution in [-0.2, 0) is 0 Å². The van der Waals surface area contributed by atoms with Gasteiger partial charge in [-0.05, 0) is 13.0 Å². The Hall–Kier alpha value is -2.70. The van der Waals surface area contributed by atoms with Gasteiger partial charge >= 0.3 is 0 Å². The van der Waals surface area contributed by atoms with Crippen molar-refractivity contribution in [2.24, 2.45) is 0 Å². The van der Waals surface area contributed by atoms with E-state index in [1.807, 2.05) is 66.4 Å². The van der Waals surface area contributed by atoms with E-state index in [-0.39, 0.29) is 11.9 Å². The molecule has 4 rings (SSSR count). The molecule has 1 aliphatic rings.